The van der Waals surface area contributed by atoms with E-state index in [0.717, 1.165) is 0 Å². The molecule has 0 spiro atoms. The van der Waals surface area contributed by atoms with Crippen LogP contribution in [-0.4, -0.2) is 15.2 Å². The van der Waals surface area contributed by atoms with E-state index in [4.69, 9.17) is 0 Å². The molecule has 5 heteroatoms. The Bertz CT molecular complexity index is 396. The molecule has 0 N–H and O–H groups in total. The number of rotatable bonds is 0. The maximum Gasteiger partial charge on any atom is 0.153 e. The van der Waals surface area contributed by atoms with E-state index in [1.165, 1.54) is 18.2 Å². The van der Waals surface area contributed by atoms with Gasteiger partial charge >= 0.3 is 0 Å². The molecule has 0 radical (unpaired) electrons. The maximum atomic E-state index is 12.7. The van der Waals surface area contributed by atoms with Crippen LogP contribution in [0.2, 0.25) is 0 Å². The van der Waals surface area contributed by atoms with Crippen molar-refractivity contribution in [1.82, 2.24) is 15.2 Å². The molecule has 3 nitrogen and oxygen atoms in total. The molecule has 11 heavy (non-hydrogen) atoms. The molecule has 0 saturated carbocycles. The van der Waals surface area contributed by atoms with E-state index in [2.05, 4.69) is 10.3 Å². The van der Waals surface area contributed by atoms with Crippen LogP contribution in [0, 0.1) is 5.82 Å². The molecule has 0 unspecified atom stereocenters. The smallest absolute Gasteiger partial charge is 0.153 e. The molecular formula is C6H3F2N3. The van der Waals surface area contributed by atoms with Crippen molar-refractivity contribution in [3.8, 4) is 0 Å². The van der Waals surface area contributed by atoms with E-state index < -0.39 is 5.82 Å². The Morgan fingerprint density at radius 1 is 1.36 bits per heavy atom. The highest BCUT2D eigenvalue weighted by Crippen LogP contribution is 2.13. The first-order valence-corrected chi connectivity index (χ1v) is 2.95. The molecule has 0 fully saturated rings. The fourth-order valence-electron chi connectivity index (χ4n) is 0.884. The summed E-state index contributed by atoms with van der Waals surface area (Å²) in [5.41, 5.74) is 0.000000000000000444. The van der Waals surface area contributed by atoms with E-state index in [-0.39, 0.29) is 15.9 Å². The average molecular weight is 155 g/mol. The van der Waals surface area contributed by atoms with E-state index in [9.17, 15) is 8.87 Å². The van der Waals surface area contributed by atoms with Crippen LogP contribution >= 0.6 is 0 Å². The Morgan fingerprint density at radius 2 is 2.18 bits per heavy atom. The standard InChI is InChI=1S/C6H3F2N3/c7-4-2-1-3-5-6(4)9-10-11(5)8/h1-3H. The number of aromatic nitrogens is 3. The van der Waals surface area contributed by atoms with Crippen molar-refractivity contribution in [2.24, 2.45) is 0 Å². The lowest BCUT2D eigenvalue weighted by Crippen LogP contribution is -1.82. The van der Waals surface area contributed by atoms with Gasteiger partial charge in [0.25, 0.3) is 0 Å². The van der Waals surface area contributed by atoms with Crippen LogP contribution in [0.5, 0.6) is 0 Å². The van der Waals surface area contributed by atoms with Crippen molar-refractivity contribution in [3.63, 3.8) is 0 Å². The fraction of sp³-hybridized carbons (Fsp3) is 0. The van der Waals surface area contributed by atoms with E-state index >= 15 is 0 Å². The summed E-state index contributed by atoms with van der Waals surface area (Å²) in [5, 5.41) is 6.30. The third-order valence-electron chi connectivity index (χ3n) is 1.39. The van der Waals surface area contributed by atoms with Gasteiger partial charge in [-0.05, 0) is 17.3 Å². The second kappa shape index (κ2) is 1.98. The summed E-state index contributed by atoms with van der Waals surface area (Å²) in [6, 6.07) is 4.01. The monoisotopic (exact) mass is 155 g/mol. The molecule has 1 aromatic heterocycles. The summed E-state index contributed by atoms with van der Waals surface area (Å²) < 4.78 is 25.2. The predicted octanol–water partition coefficient (Wildman–Crippen LogP) is 1.30. The first kappa shape index (κ1) is 6.21. The lowest BCUT2D eigenvalue weighted by Gasteiger charge is -1.87. The molecule has 0 aliphatic heterocycles. The molecule has 56 valence electrons. The van der Waals surface area contributed by atoms with Crippen LogP contribution in [-0.2, 0) is 0 Å². The Balaban J connectivity index is 2.94. The van der Waals surface area contributed by atoms with Gasteiger partial charge < -0.3 is 0 Å². The van der Waals surface area contributed by atoms with Crippen molar-refractivity contribution in [3.05, 3.63) is 24.0 Å². The minimum absolute atomic E-state index is 0.0401. The highest BCUT2D eigenvalue weighted by atomic mass is 19.2. The second-order valence-electron chi connectivity index (χ2n) is 2.06. The molecule has 2 rings (SSSR count). The molecular weight excluding hydrogens is 152 g/mol. The molecule has 0 amide bonds. The van der Waals surface area contributed by atoms with Crippen LogP contribution in [0.15, 0.2) is 18.2 Å². The fourth-order valence-corrected chi connectivity index (χ4v) is 0.884. The molecule has 0 saturated heterocycles. The van der Waals surface area contributed by atoms with Gasteiger partial charge in [0.05, 0.1) is 0 Å². The zero-order valence-electron chi connectivity index (χ0n) is 5.33. The summed E-state index contributed by atoms with van der Waals surface area (Å²) in [4.78, 5) is 0.0401. The van der Waals surface area contributed by atoms with Crippen molar-refractivity contribution in [1.29, 1.82) is 0 Å². The third-order valence-corrected chi connectivity index (χ3v) is 1.39. The number of halogens is 2. The Kier molecular flexibility index (Phi) is 1.12. The van der Waals surface area contributed by atoms with Crippen LogP contribution in [0.25, 0.3) is 11.0 Å². The minimum atomic E-state index is -0.564. The summed E-state index contributed by atoms with van der Waals surface area (Å²) in [5.74, 6) is -0.564. The quantitative estimate of drug-likeness (QED) is 0.574. The largest absolute Gasteiger partial charge is 0.204 e. The second-order valence-corrected chi connectivity index (χ2v) is 2.06. The van der Waals surface area contributed by atoms with E-state index in [1.54, 1.807) is 0 Å². The minimum Gasteiger partial charge on any atom is -0.204 e. The Morgan fingerprint density at radius 3 is 2.91 bits per heavy atom. The third kappa shape index (κ3) is 0.772. The molecule has 1 aromatic carbocycles. The zero-order chi connectivity index (χ0) is 7.84. The normalized spacial score (nSPS) is 10.7. The topological polar surface area (TPSA) is 30.7 Å². The molecule has 1 heterocycles. The van der Waals surface area contributed by atoms with Gasteiger partial charge in [0.15, 0.2) is 11.3 Å². The first-order chi connectivity index (χ1) is 5.29. The Labute approximate surface area is 60.2 Å². The number of fused-ring (bicyclic) bond motifs is 1. The van der Waals surface area contributed by atoms with Crippen molar-refractivity contribution >= 4 is 11.0 Å². The van der Waals surface area contributed by atoms with Gasteiger partial charge in [0, 0.05) is 0 Å². The average Bonchev–Trinajstić information content (AvgIpc) is 2.35. The van der Waals surface area contributed by atoms with Gasteiger partial charge in [-0.3, -0.25) is 0 Å². The predicted molar refractivity (Wildman–Crippen MR) is 34.0 cm³/mol. The number of hydrogen-bond donors (Lipinski definition) is 0. The molecule has 0 aliphatic rings. The number of benzene rings is 1. The molecule has 0 bridgehead atoms. The summed E-state index contributed by atoms with van der Waals surface area (Å²) in [7, 11) is 0. The highest BCUT2D eigenvalue weighted by Gasteiger charge is 2.06. The van der Waals surface area contributed by atoms with Crippen LogP contribution in [0.3, 0.4) is 0 Å². The van der Waals surface area contributed by atoms with Gasteiger partial charge in [-0.25, -0.2) is 4.39 Å². The summed E-state index contributed by atoms with van der Waals surface area (Å²) >= 11 is 0. The van der Waals surface area contributed by atoms with E-state index in [0.29, 0.717) is 0 Å². The molecule has 0 atom stereocenters. The van der Waals surface area contributed by atoms with Gasteiger partial charge in [-0.15, -0.1) is 5.10 Å². The van der Waals surface area contributed by atoms with Gasteiger partial charge in [-0.1, -0.05) is 15.5 Å². The first-order valence-electron chi connectivity index (χ1n) is 2.95. The van der Waals surface area contributed by atoms with E-state index in [1.807, 2.05) is 0 Å². The SMILES string of the molecule is Fc1cccc2c1nnn2F. The van der Waals surface area contributed by atoms with Gasteiger partial charge in [0.1, 0.15) is 5.52 Å². The molecule has 2 aromatic rings. The summed E-state index contributed by atoms with van der Waals surface area (Å²) in [6.07, 6.45) is 0. The summed E-state index contributed by atoms with van der Waals surface area (Å²) in [6.45, 7) is 0. The highest BCUT2D eigenvalue weighted by molar-refractivity contribution is 5.74. The van der Waals surface area contributed by atoms with Crippen LogP contribution in [0.1, 0.15) is 0 Å². The van der Waals surface area contributed by atoms with Crippen molar-refractivity contribution in [2.45, 2.75) is 0 Å². The Hall–Kier alpha value is -1.52. The van der Waals surface area contributed by atoms with Crippen molar-refractivity contribution < 1.29 is 8.87 Å². The van der Waals surface area contributed by atoms with Gasteiger partial charge in [0.2, 0.25) is 0 Å². The number of nitrogens with zero attached hydrogens (tertiary/aromatic N) is 3. The lowest BCUT2D eigenvalue weighted by molar-refractivity contribution is 0.321. The maximum absolute atomic E-state index is 12.7. The number of hydrogen-bond acceptors (Lipinski definition) is 2. The molecule has 0 aliphatic carbocycles. The van der Waals surface area contributed by atoms with Crippen molar-refractivity contribution in [2.75, 3.05) is 0 Å². The zero-order valence-corrected chi connectivity index (χ0v) is 5.33. The van der Waals surface area contributed by atoms with Crippen LogP contribution < -0.4 is 0 Å². The lowest BCUT2D eigenvalue weighted by atomic mass is 10.3. The van der Waals surface area contributed by atoms with Gasteiger partial charge in [-0.2, -0.15) is 0 Å². The van der Waals surface area contributed by atoms with Crippen LogP contribution in [0.4, 0.5) is 8.87 Å².